The zero-order chi connectivity index (χ0) is 22.9. The Morgan fingerprint density at radius 3 is 2.56 bits per heavy atom. The molecule has 2 aromatic rings. The van der Waals surface area contributed by atoms with Crippen molar-refractivity contribution < 1.29 is 23.9 Å². The highest BCUT2D eigenvalue weighted by Crippen LogP contribution is 2.16. The second-order valence-corrected chi connectivity index (χ2v) is 7.07. The number of ether oxygens (including phenoxy) is 1. The van der Waals surface area contributed by atoms with Gasteiger partial charge < -0.3 is 15.4 Å². The number of methoxy groups -OCH3 is 1. The third kappa shape index (κ3) is 6.24. The molecule has 2 aromatic carbocycles. The molecule has 1 aliphatic rings. The number of hydrogen-bond donors (Lipinski definition) is 2. The van der Waals surface area contributed by atoms with Crippen LogP contribution in [0.2, 0.25) is 0 Å². The Hall–Kier alpha value is -4.01. The van der Waals surface area contributed by atoms with Crippen molar-refractivity contribution in [3.63, 3.8) is 0 Å². The van der Waals surface area contributed by atoms with Crippen molar-refractivity contribution in [2.24, 2.45) is 5.10 Å². The molecule has 0 unspecified atom stereocenters. The summed E-state index contributed by atoms with van der Waals surface area (Å²) in [6.07, 6.45) is 0.688. The van der Waals surface area contributed by atoms with Crippen molar-refractivity contribution in [3.8, 4) is 0 Å². The molecule has 0 saturated heterocycles. The van der Waals surface area contributed by atoms with Gasteiger partial charge in [0.05, 0.1) is 19.4 Å². The Morgan fingerprint density at radius 2 is 1.81 bits per heavy atom. The van der Waals surface area contributed by atoms with E-state index < -0.39 is 11.9 Å². The molecule has 0 saturated carbocycles. The normalized spacial score (nSPS) is 12.7. The minimum Gasteiger partial charge on any atom is -0.468 e. The number of anilines is 1. The lowest BCUT2D eigenvalue weighted by Crippen LogP contribution is -2.30. The standard InChI is InChI=1S/C23H24N4O5/c1-32-22(30)15-24-23(31)17-8-5-9-18(14-17)25-20(28)10-11-21(29)27-13-12-19(26-27)16-6-3-2-4-7-16/h2-9,14H,10-13,15H2,1H3,(H,24,31)(H,25,28). The molecule has 1 heterocycles. The summed E-state index contributed by atoms with van der Waals surface area (Å²) in [4.78, 5) is 47.9. The second kappa shape index (κ2) is 10.9. The second-order valence-electron chi connectivity index (χ2n) is 7.07. The van der Waals surface area contributed by atoms with E-state index in [4.69, 9.17) is 0 Å². The molecule has 166 valence electrons. The lowest BCUT2D eigenvalue weighted by molar-refractivity contribution is -0.139. The zero-order valence-electron chi connectivity index (χ0n) is 17.7. The molecule has 0 fully saturated rings. The van der Waals surface area contributed by atoms with Crippen LogP contribution in [0.1, 0.15) is 35.2 Å². The van der Waals surface area contributed by atoms with Gasteiger partial charge in [-0.05, 0) is 23.8 Å². The fraction of sp³-hybridized carbons (Fsp3) is 0.261. The van der Waals surface area contributed by atoms with Crippen LogP contribution in [0.3, 0.4) is 0 Å². The van der Waals surface area contributed by atoms with Crippen molar-refractivity contribution in [2.45, 2.75) is 19.3 Å². The predicted molar refractivity (Wildman–Crippen MR) is 118 cm³/mol. The summed E-state index contributed by atoms with van der Waals surface area (Å²) in [5, 5.41) is 10.9. The highest BCUT2D eigenvalue weighted by molar-refractivity contribution is 6.03. The third-order valence-electron chi connectivity index (χ3n) is 4.79. The fourth-order valence-corrected chi connectivity index (χ4v) is 3.11. The number of esters is 1. The lowest BCUT2D eigenvalue weighted by Gasteiger charge is -2.11. The molecular weight excluding hydrogens is 412 g/mol. The number of carbonyl (C=O) groups is 4. The van der Waals surface area contributed by atoms with Gasteiger partial charge >= 0.3 is 5.97 Å². The highest BCUT2D eigenvalue weighted by Gasteiger charge is 2.22. The molecule has 0 aromatic heterocycles. The number of nitrogens with zero attached hydrogens (tertiary/aromatic N) is 2. The molecule has 0 radical (unpaired) electrons. The molecule has 3 rings (SSSR count). The molecule has 32 heavy (non-hydrogen) atoms. The van der Waals surface area contributed by atoms with E-state index >= 15 is 0 Å². The molecule has 0 bridgehead atoms. The van der Waals surface area contributed by atoms with Crippen molar-refractivity contribution in [2.75, 3.05) is 25.5 Å². The molecule has 2 N–H and O–H groups in total. The van der Waals surface area contributed by atoms with Crippen molar-refractivity contribution >= 4 is 35.1 Å². The topological polar surface area (TPSA) is 117 Å². The van der Waals surface area contributed by atoms with E-state index in [1.165, 1.54) is 18.2 Å². The summed E-state index contributed by atoms with van der Waals surface area (Å²) in [6.45, 7) is 0.242. The summed E-state index contributed by atoms with van der Waals surface area (Å²) < 4.78 is 4.47. The lowest BCUT2D eigenvalue weighted by atomic mass is 10.1. The van der Waals surface area contributed by atoms with Gasteiger partial charge in [-0.25, -0.2) is 5.01 Å². The van der Waals surface area contributed by atoms with E-state index in [-0.39, 0.29) is 36.8 Å². The van der Waals surface area contributed by atoms with Crippen molar-refractivity contribution in [1.82, 2.24) is 10.3 Å². The van der Waals surface area contributed by atoms with Crippen LogP contribution >= 0.6 is 0 Å². The van der Waals surface area contributed by atoms with E-state index in [1.54, 1.807) is 18.2 Å². The van der Waals surface area contributed by atoms with Gasteiger partial charge in [-0.2, -0.15) is 5.10 Å². The van der Waals surface area contributed by atoms with E-state index in [0.29, 0.717) is 18.7 Å². The van der Waals surface area contributed by atoms with Gasteiger partial charge in [0.2, 0.25) is 11.8 Å². The molecule has 1 aliphatic heterocycles. The summed E-state index contributed by atoms with van der Waals surface area (Å²) in [6, 6.07) is 15.9. The van der Waals surface area contributed by atoms with E-state index in [0.717, 1.165) is 11.3 Å². The molecule has 3 amide bonds. The Kier molecular flexibility index (Phi) is 7.69. The maximum atomic E-state index is 12.4. The van der Waals surface area contributed by atoms with Crippen molar-refractivity contribution in [1.29, 1.82) is 0 Å². The number of carbonyl (C=O) groups excluding carboxylic acids is 4. The van der Waals surface area contributed by atoms with Gasteiger partial charge in [0, 0.05) is 30.5 Å². The van der Waals surface area contributed by atoms with Gasteiger partial charge in [0.25, 0.3) is 5.91 Å². The Balaban J connectivity index is 1.49. The molecule has 0 aliphatic carbocycles. The maximum absolute atomic E-state index is 12.4. The van der Waals surface area contributed by atoms with Crippen LogP contribution in [0.25, 0.3) is 0 Å². The Bertz CT molecular complexity index is 1040. The largest absolute Gasteiger partial charge is 0.468 e. The summed E-state index contributed by atoms with van der Waals surface area (Å²) in [5.74, 6) is -1.60. The van der Waals surface area contributed by atoms with E-state index in [9.17, 15) is 19.2 Å². The number of nitrogens with one attached hydrogen (secondary N) is 2. The smallest absolute Gasteiger partial charge is 0.325 e. The Labute approximate surface area is 185 Å². The summed E-state index contributed by atoms with van der Waals surface area (Å²) >= 11 is 0. The first-order chi connectivity index (χ1) is 15.5. The molecular formula is C23H24N4O5. The summed E-state index contributed by atoms with van der Waals surface area (Å²) in [7, 11) is 1.23. The first kappa shape index (κ1) is 22.7. The number of amides is 3. The van der Waals surface area contributed by atoms with Crippen molar-refractivity contribution in [3.05, 3.63) is 65.7 Å². The first-order valence-electron chi connectivity index (χ1n) is 10.1. The quantitative estimate of drug-likeness (QED) is 0.614. The minimum absolute atomic E-state index is 0.00963. The van der Waals surface area contributed by atoms with Gasteiger partial charge in [0.1, 0.15) is 6.54 Å². The minimum atomic E-state index is -0.564. The maximum Gasteiger partial charge on any atom is 0.325 e. The average molecular weight is 436 g/mol. The van der Waals surface area contributed by atoms with Gasteiger partial charge in [-0.3, -0.25) is 19.2 Å². The van der Waals surface area contributed by atoms with E-state index in [2.05, 4.69) is 20.5 Å². The van der Waals surface area contributed by atoms with Gasteiger partial charge in [-0.15, -0.1) is 0 Å². The SMILES string of the molecule is COC(=O)CNC(=O)c1cccc(NC(=O)CCC(=O)N2CCC(c3ccccc3)=N2)c1. The van der Waals surface area contributed by atoms with Crippen LogP contribution in [0.4, 0.5) is 5.69 Å². The fourth-order valence-electron chi connectivity index (χ4n) is 3.11. The average Bonchev–Trinajstić information content (AvgIpc) is 3.32. The molecule has 9 nitrogen and oxygen atoms in total. The number of rotatable bonds is 8. The third-order valence-corrected chi connectivity index (χ3v) is 4.79. The summed E-state index contributed by atoms with van der Waals surface area (Å²) in [5.41, 5.74) is 2.53. The number of benzene rings is 2. The predicted octanol–water partition coefficient (Wildman–Crippen LogP) is 1.94. The van der Waals surface area contributed by atoms with Crippen LogP contribution < -0.4 is 10.6 Å². The molecule has 9 heteroatoms. The van der Waals surface area contributed by atoms with Gasteiger partial charge in [-0.1, -0.05) is 36.4 Å². The first-order valence-corrected chi connectivity index (χ1v) is 10.1. The van der Waals surface area contributed by atoms with Gasteiger partial charge in [0.15, 0.2) is 0 Å². The Morgan fingerprint density at radius 1 is 1.03 bits per heavy atom. The zero-order valence-corrected chi connectivity index (χ0v) is 17.7. The van der Waals surface area contributed by atoms with Crippen LogP contribution in [0.15, 0.2) is 59.7 Å². The molecule has 0 spiro atoms. The number of hydrazone groups is 1. The van der Waals surface area contributed by atoms with E-state index in [1.807, 2.05) is 30.3 Å². The van der Waals surface area contributed by atoms with Crippen LogP contribution in [0, 0.1) is 0 Å². The highest BCUT2D eigenvalue weighted by atomic mass is 16.5. The van der Waals surface area contributed by atoms with Crippen LogP contribution in [0.5, 0.6) is 0 Å². The molecule has 0 atom stereocenters. The number of hydrogen-bond acceptors (Lipinski definition) is 6. The van der Waals surface area contributed by atoms with Crippen LogP contribution in [-0.2, 0) is 19.1 Å². The monoisotopic (exact) mass is 436 g/mol. The van der Waals surface area contributed by atoms with Crippen LogP contribution in [-0.4, -0.2) is 54.6 Å².